The molecule has 0 saturated heterocycles. The predicted molar refractivity (Wildman–Crippen MR) is 99.5 cm³/mol. The fourth-order valence-corrected chi connectivity index (χ4v) is 3.94. The molecule has 0 spiro atoms. The molecule has 0 bridgehead atoms. The number of nitrogens with zero attached hydrogens (tertiary/aromatic N) is 2. The lowest BCUT2D eigenvalue weighted by molar-refractivity contribution is -0.387. The molecule has 1 N–H and O–H groups in total. The van der Waals surface area contributed by atoms with Crippen LogP contribution in [0.15, 0.2) is 27.9 Å². The first-order valence-electron chi connectivity index (χ1n) is 7.81. The number of carbonyl (C=O) groups excluding carboxylic acids is 2. The average Bonchev–Trinajstić information content (AvgIpc) is 3.03. The maximum Gasteiger partial charge on any atom is 0.311 e. The van der Waals surface area contributed by atoms with Gasteiger partial charge in [-0.25, -0.2) is 4.98 Å². The Morgan fingerprint density at radius 3 is 2.89 bits per heavy atom. The highest BCUT2D eigenvalue weighted by Crippen LogP contribution is 2.28. The van der Waals surface area contributed by atoms with Crippen LogP contribution < -0.4 is 5.32 Å². The van der Waals surface area contributed by atoms with Crippen LogP contribution in [0.25, 0.3) is 0 Å². The van der Waals surface area contributed by atoms with E-state index in [4.69, 9.17) is 4.74 Å². The van der Waals surface area contributed by atoms with Gasteiger partial charge >= 0.3 is 11.7 Å². The molecule has 1 amide bonds. The first kappa shape index (κ1) is 20.8. The number of nitro benzene ring substituents is 1. The number of esters is 1. The number of halogens is 1. The molecule has 0 aliphatic carbocycles. The number of hydrogen-bond acceptors (Lipinski definition) is 8. The van der Waals surface area contributed by atoms with Gasteiger partial charge in [0, 0.05) is 17.1 Å². The first-order chi connectivity index (χ1) is 12.8. The zero-order chi connectivity index (χ0) is 20.0. The molecule has 1 heterocycles. The van der Waals surface area contributed by atoms with Crippen molar-refractivity contribution in [2.45, 2.75) is 29.9 Å². The summed E-state index contributed by atoms with van der Waals surface area (Å²) in [7, 11) is 0. The Kier molecular flexibility index (Phi) is 7.25. The number of benzene rings is 1. The van der Waals surface area contributed by atoms with Gasteiger partial charge in [-0.3, -0.25) is 19.7 Å². The summed E-state index contributed by atoms with van der Waals surface area (Å²) in [6.45, 7) is 3.66. The molecule has 2 rings (SSSR count). The van der Waals surface area contributed by atoms with E-state index in [1.54, 1.807) is 19.2 Å². The lowest BCUT2D eigenvalue weighted by atomic mass is 10.2. The summed E-state index contributed by atoms with van der Waals surface area (Å²) >= 11 is 2.48. The fraction of sp³-hybridized carbons (Fsp3) is 0.312. The second-order valence-corrected chi connectivity index (χ2v) is 7.71. The molecule has 0 radical (unpaired) electrons. The van der Waals surface area contributed by atoms with Crippen LogP contribution in [-0.2, 0) is 20.7 Å². The predicted octanol–water partition coefficient (Wildman–Crippen LogP) is 3.42. The van der Waals surface area contributed by atoms with E-state index >= 15 is 0 Å². The van der Waals surface area contributed by atoms with E-state index in [-0.39, 0.29) is 18.1 Å². The molecular formula is C16H16FN3O5S2. The highest BCUT2D eigenvalue weighted by atomic mass is 32.2. The van der Waals surface area contributed by atoms with E-state index in [9.17, 15) is 24.1 Å². The summed E-state index contributed by atoms with van der Waals surface area (Å²) in [4.78, 5) is 37.9. The highest BCUT2D eigenvalue weighted by molar-refractivity contribution is 8.02. The molecule has 1 aromatic carbocycles. The number of carbonyl (C=O) groups is 2. The Bertz CT molecular complexity index is 858. The smallest absolute Gasteiger partial charge is 0.311 e. The van der Waals surface area contributed by atoms with Gasteiger partial charge < -0.3 is 10.1 Å². The molecule has 11 heteroatoms. The molecule has 0 aliphatic rings. The number of ether oxygens (including phenoxy) is 1. The maximum absolute atomic E-state index is 13.3. The first-order valence-corrected chi connectivity index (χ1v) is 9.57. The van der Waals surface area contributed by atoms with Crippen LogP contribution in [0.5, 0.6) is 0 Å². The van der Waals surface area contributed by atoms with Gasteiger partial charge in [0.1, 0.15) is 0 Å². The van der Waals surface area contributed by atoms with Crippen LogP contribution >= 0.6 is 23.1 Å². The number of nitrogens with one attached hydrogen (secondary N) is 1. The molecule has 1 aromatic heterocycles. The van der Waals surface area contributed by atoms with Crippen molar-refractivity contribution >= 4 is 46.3 Å². The van der Waals surface area contributed by atoms with E-state index < -0.39 is 27.6 Å². The van der Waals surface area contributed by atoms with Gasteiger partial charge in [-0.15, -0.1) is 11.3 Å². The van der Waals surface area contributed by atoms with Crippen molar-refractivity contribution in [2.75, 3.05) is 11.9 Å². The number of thiazole rings is 1. The number of thioether (sulfide) groups is 1. The summed E-state index contributed by atoms with van der Waals surface area (Å²) < 4.78 is 18.8. The highest BCUT2D eigenvalue weighted by Gasteiger charge is 2.20. The zero-order valence-electron chi connectivity index (χ0n) is 14.4. The van der Waals surface area contributed by atoms with Crippen LogP contribution in [0.4, 0.5) is 15.8 Å². The minimum atomic E-state index is -0.975. The van der Waals surface area contributed by atoms with Gasteiger partial charge in [0.15, 0.2) is 4.34 Å². The normalized spacial score (nSPS) is 11.7. The standard InChI is InChI=1S/C16H16FN3O5S2/c1-3-25-14(21)7-11-8-26-16(19-11)27-9(2)15(22)18-10-4-5-12(17)13(6-10)20(23)24/h4-6,8-9H,3,7H2,1-2H3,(H,18,22)/t9-/m1/s1. The third-order valence-electron chi connectivity index (χ3n) is 3.22. The largest absolute Gasteiger partial charge is 0.466 e. The van der Waals surface area contributed by atoms with Gasteiger partial charge in [0.2, 0.25) is 11.7 Å². The van der Waals surface area contributed by atoms with E-state index in [0.717, 1.165) is 12.1 Å². The number of anilines is 1. The molecule has 0 unspecified atom stereocenters. The molecule has 8 nitrogen and oxygen atoms in total. The average molecular weight is 413 g/mol. The van der Waals surface area contributed by atoms with Crippen molar-refractivity contribution < 1.29 is 23.6 Å². The number of rotatable bonds is 8. The Labute approximate surface area is 162 Å². The van der Waals surface area contributed by atoms with Gasteiger partial charge in [0.25, 0.3) is 0 Å². The van der Waals surface area contributed by atoms with Crippen molar-refractivity contribution in [1.82, 2.24) is 4.98 Å². The van der Waals surface area contributed by atoms with Crippen LogP contribution in [0.1, 0.15) is 19.5 Å². The minimum Gasteiger partial charge on any atom is -0.466 e. The van der Waals surface area contributed by atoms with Gasteiger partial charge in [-0.1, -0.05) is 11.8 Å². The van der Waals surface area contributed by atoms with Crippen molar-refractivity contribution in [3.63, 3.8) is 0 Å². The van der Waals surface area contributed by atoms with E-state index in [1.807, 2.05) is 0 Å². The van der Waals surface area contributed by atoms with Crippen molar-refractivity contribution in [2.24, 2.45) is 0 Å². The third-order valence-corrected chi connectivity index (χ3v) is 5.34. The lowest BCUT2D eigenvalue weighted by Gasteiger charge is -2.10. The second-order valence-electron chi connectivity index (χ2n) is 5.26. The van der Waals surface area contributed by atoms with Crippen LogP contribution in [0.2, 0.25) is 0 Å². The number of nitro groups is 1. The van der Waals surface area contributed by atoms with Crippen LogP contribution in [0.3, 0.4) is 0 Å². The molecular weight excluding hydrogens is 397 g/mol. The Morgan fingerprint density at radius 1 is 1.48 bits per heavy atom. The second kappa shape index (κ2) is 9.42. The molecule has 2 aromatic rings. The Hall–Kier alpha value is -2.53. The monoisotopic (exact) mass is 413 g/mol. The summed E-state index contributed by atoms with van der Waals surface area (Å²) in [6.07, 6.45) is 0.0602. The molecule has 144 valence electrons. The van der Waals surface area contributed by atoms with E-state index in [0.29, 0.717) is 16.6 Å². The van der Waals surface area contributed by atoms with Gasteiger partial charge in [0.05, 0.1) is 28.9 Å². The van der Waals surface area contributed by atoms with Gasteiger partial charge in [-0.2, -0.15) is 4.39 Å². The van der Waals surface area contributed by atoms with Crippen molar-refractivity contribution in [3.05, 3.63) is 45.2 Å². The molecule has 0 aliphatic heterocycles. The molecule has 0 saturated carbocycles. The summed E-state index contributed by atoms with van der Waals surface area (Å²) in [6, 6.07) is 3.14. The lowest BCUT2D eigenvalue weighted by Crippen LogP contribution is -2.22. The SMILES string of the molecule is CCOC(=O)Cc1csc(S[C@H](C)C(=O)Nc2ccc(F)c([N+](=O)[O-])c2)n1. The Balaban J connectivity index is 1.96. The quantitative estimate of drug-likeness (QED) is 0.305. The number of aromatic nitrogens is 1. The van der Waals surface area contributed by atoms with E-state index in [2.05, 4.69) is 10.3 Å². The number of hydrogen-bond donors (Lipinski definition) is 1. The third kappa shape index (κ3) is 6.00. The van der Waals surface area contributed by atoms with Gasteiger partial charge in [-0.05, 0) is 26.0 Å². The molecule has 27 heavy (non-hydrogen) atoms. The molecule has 1 atom stereocenters. The number of amides is 1. The molecule has 0 fully saturated rings. The Morgan fingerprint density at radius 2 is 2.22 bits per heavy atom. The zero-order valence-corrected chi connectivity index (χ0v) is 16.1. The summed E-state index contributed by atoms with van der Waals surface area (Å²) in [5, 5.41) is 14.4. The summed E-state index contributed by atoms with van der Waals surface area (Å²) in [5.41, 5.74) is -0.0259. The van der Waals surface area contributed by atoms with E-state index in [1.165, 1.54) is 29.2 Å². The summed E-state index contributed by atoms with van der Waals surface area (Å²) in [5.74, 6) is -1.76. The topological polar surface area (TPSA) is 111 Å². The van der Waals surface area contributed by atoms with Crippen molar-refractivity contribution in [3.8, 4) is 0 Å². The minimum absolute atomic E-state index is 0.0602. The van der Waals surface area contributed by atoms with Crippen LogP contribution in [0, 0.1) is 15.9 Å². The fourth-order valence-electron chi connectivity index (χ4n) is 1.96. The van der Waals surface area contributed by atoms with Crippen LogP contribution in [-0.4, -0.2) is 33.6 Å². The van der Waals surface area contributed by atoms with Crippen molar-refractivity contribution in [1.29, 1.82) is 0 Å². The maximum atomic E-state index is 13.3.